The molecule has 0 aliphatic rings. The summed E-state index contributed by atoms with van der Waals surface area (Å²) in [5, 5.41) is 0. The number of carbonyl (C=O) groups excluding carboxylic acids is 2. The van der Waals surface area contributed by atoms with E-state index in [0.717, 1.165) is 0 Å². The number of carbonyl (C=O) groups is 2. The van der Waals surface area contributed by atoms with Crippen LogP contribution in [-0.2, 0) is 19.1 Å². The van der Waals surface area contributed by atoms with Gasteiger partial charge in [-0.15, -0.1) is 5.73 Å². The van der Waals surface area contributed by atoms with Crippen LogP contribution in [0, 0.1) is 5.92 Å². The van der Waals surface area contributed by atoms with E-state index in [1.165, 1.54) is 7.11 Å². The number of methoxy groups -OCH3 is 1. The van der Waals surface area contributed by atoms with Crippen LogP contribution in [0.3, 0.4) is 0 Å². The molecule has 0 rings (SSSR count). The number of hydrogen-bond acceptors (Lipinski definition) is 4. The summed E-state index contributed by atoms with van der Waals surface area (Å²) < 4.78 is 9.25. The van der Waals surface area contributed by atoms with Gasteiger partial charge in [0.05, 0.1) is 19.1 Å². The maximum atomic E-state index is 11.4. The first kappa shape index (κ1) is 13.5. The van der Waals surface area contributed by atoms with E-state index in [1.807, 2.05) is 13.8 Å². The maximum Gasteiger partial charge on any atom is 0.342 e. The molecule has 0 saturated heterocycles. The monoisotopic (exact) mass is 212 g/mol. The first-order chi connectivity index (χ1) is 7.02. The molecular formula is C11H16O4. The van der Waals surface area contributed by atoms with E-state index in [1.54, 1.807) is 0 Å². The summed E-state index contributed by atoms with van der Waals surface area (Å²) in [6.07, 6.45) is 0.0603. The summed E-state index contributed by atoms with van der Waals surface area (Å²) >= 11 is 0. The third-order valence-electron chi connectivity index (χ3n) is 1.75. The molecule has 0 aromatic rings. The molecule has 0 aromatic heterocycles. The van der Waals surface area contributed by atoms with Crippen molar-refractivity contribution < 1.29 is 19.1 Å². The minimum Gasteiger partial charge on any atom is -0.469 e. The Morgan fingerprint density at radius 3 is 2.40 bits per heavy atom. The van der Waals surface area contributed by atoms with Crippen LogP contribution in [0.5, 0.6) is 0 Å². The summed E-state index contributed by atoms with van der Waals surface area (Å²) in [5.74, 6) is -0.881. The third-order valence-corrected chi connectivity index (χ3v) is 1.75. The summed E-state index contributed by atoms with van der Waals surface area (Å²) in [7, 11) is 1.29. The largest absolute Gasteiger partial charge is 0.469 e. The number of rotatable bonds is 5. The van der Waals surface area contributed by atoms with Crippen LogP contribution in [0.2, 0.25) is 0 Å². The second-order valence-corrected chi connectivity index (χ2v) is 3.21. The molecule has 0 radical (unpaired) electrons. The van der Waals surface area contributed by atoms with Gasteiger partial charge >= 0.3 is 11.9 Å². The normalized spacial score (nSPS) is 9.33. The molecule has 0 saturated carbocycles. The van der Waals surface area contributed by atoms with E-state index >= 15 is 0 Å². The highest BCUT2D eigenvalue weighted by atomic mass is 16.5. The van der Waals surface area contributed by atoms with E-state index in [-0.39, 0.29) is 18.9 Å². The van der Waals surface area contributed by atoms with Crippen molar-refractivity contribution in [3.05, 3.63) is 17.9 Å². The Labute approximate surface area is 89.6 Å². The zero-order chi connectivity index (χ0) is 11.8. The molecule has 0 aliphatic heterocycles. The lowest BCUT2D eigenvalue weighted by Gasteiger charge is -2.08. The Balaban J connectivity index is 4.04. The van der Waals surface area contributed by atoms with Gasteiger partial charge < -0.3 is 9.47 Å². The molecule has 0 unspecified atom stereocenters. The van der Waals surface area contributed by atoms with Gasteiger partial charge in [0.2, 0.25) is 0 Å². The van der Waals surface area contributed by atoms with Crippen molar-refractivity contribution in [3.8, 4) is 0 Å². The predicted octanol–water partition coefficient (Wildman–Crippen LogP) is 1.46. The average Bonchev–Trinajstić information content (AvgIpc) is 2.17. The first-order valence-corrected chi connectivity index (χ1v) is 4.66. The molecule has 0 spiro atoms. The topological polar surface area (TPSA) is 52.6 Å². The lowest BCUT2D eigenvalue weighted by Crippen LogP contribution is -2.14. The van der Waals surface area contributed by atoms with Gasteiger partial charge in [-0.25, -0.2) is 4.79 Å². The van der Waals surface area contributed by atoms with Crippen molar-refractivity contribution in [2.24, 2.45) is 5.92 Å². The van der Waals surface area contributed by atoms with E-state index in [0.29, 0.717) is 5.57 Å². The van der Waals surface area contributed by atoms with Gasteiger partial charge in [0.15, 0.2) is 0 Å². The molecule has 0 N–H and O–H groups in total. The Morgan fingerprint density at radius 2 is 2.00 bits per heavy atom. The second-order valence-electron chi connectivity index (χ2n) is 3.21. The Kier molecular flexibility index (Phi) is 6.14. The zero-order valence-corrected chi connectivity index (χ0v) is 9.33. The van der Waals surface area contributed by atoms with Gasteiger partial charge in [-0.1, -0.05) is 20.4 Å². The fraction of sp³-hybridized carbons (Fsp3) is 0.545. The molecule has 0 atom stereocenters. The third kappa shape index (κ3) is 5.03. The highest BCUT2D eigenvalue weighted by molar-refractivity contribution is 5.88. The molecule has 15 heavy (non-hydrogen) atoms. The summed E-state index contributed by atoms with van der Waals surface area (Å²) in [6.45, 7) is 7.11. The molecule has 4 nitrogen and oxygen atoms in total. The highest BCUT2D eigenvalue weighted by Gasteiger charge is 2.14. The molecule has 0 heterocycles. The van der Waals surface area contributed by atoms with Crippen LogP contribution in [0.15, 0.2) is 17.9 Å². The molecule has 0 amide bonds. The van der Waals surface area contributed by atoms with Gasteiger partial charge in [-0.2, -0.15) is 0 Å². The minimum absolute atomic E-state index is 0.00752. The SMILES string of the molecule is C=C=C(C(=O)OCCC(=O)OC)C(C)C. The van der Waals surface area contributed by atoms with Crippen molar-refractivity contribution >= 4 is 11.9 Å². The minimum atomic E-state index is -0.482. The molecule has 0 aromatic carbocycles. The highest BCUT2D eigenvalue weighted by Crippen LogP contribution is 2.09. The van der Waals surface area contributed by atoms with E-state index < -0.39 is 11.9 Å². The predicted molar refractivity (Wildman–Crippen MR) is 55.1 cm³/mol. The Morgan fingerprint density at radius 1 is 1.40 bits per heavy atom. The lowest BCUT2D eigenvalue weighted by atomic mass is 10.1. The van der Waals surface area contributed by atoms with E-state index in [2.05, 4.69) is 17.0 Å². The first-order valence-electron chi connectivity index (χ1n) is 4.66. The zero-order valence-electron chi connectivity index (χ0n) is 9.33. The summed E-state index contributed by atoms with van der Waals surface area (Å²) in [5.41, 5.74) is 2.92. The van der Waals surface area contributed by atoms with Gasteiger partial charge in [-0.05, 0) is 5.92 Å². The average molecular weight is 212 g/mol. The van der Waals surface area contributed by atoms with Gasteiger partial charge in [-0.3, -0.25) is 4.79 Å². The van der Waals surface area contributed by atoms with Crippen molar-refractivity contribution in [3.63, 3.8) is 0 Å². The van der Waals surface area contributed by atoms with E-state index in [9.17, 15) is 9.59 Å². The van der Waals surface area contributed by atoms with Crippen molar-refractivity contribution in [1.29, 1.82) is 0 Å². The number of ether oxygens (including phenoxy) is 2. The summed E-state index contributed by atoms with van der Waals surface area (Å²) in [6, 6.07) is 0. The number of hydrogen-bond donors (Lipinski definition) is 0. The Hall–Kier alpha value is -1.54. The molecule has 4 heteroatoms. The molecular weight excluding hydrogens is 196 g/mol. The molecule has 84 valence electrons. The van der Waals surface area contributed by atoms with Crippen molar-refractivity contribution in [2.45, 2.75) is 20.3 Å². The fourth-order valence-electron chi connectivity index (χ4n) is 0.919. The summed E-state index contributed by atoms with van der Waals surface area (Å²) in [4.78, 5) is 22.1. The maximum absolute atomic E-state index is 11.4. The van der Waals surface area contributed by atoms with Gasteiger partial charge in [0, 0.05) is 0 Å². The van der Waals surface area contributed by atoms with Crippen molar-refractivity contribution in [2.75, 3.05) is 13.7 Å². The van der Waals surface area contributed by atoms with Crippen LogP contribution in [0.25, 0.3) is 0 Å². The molecule has 0 aliphatic carbocycles. The van der Waals surface area contributed by atoms with Gasteiger partial charge in [0.1, 0.15) is 6.61 Å². The molecule has 0 bridgehead atoms. The Bertz CT molecular complexity index is 285. The van der Waals surface area contributed by atoms with Crippen LogP contribution in [0.1, 0.15) is 20.3 Å². The second kappa shape index (κ2) is 6.85. The van der Waals surface area contributed by atoms with Gasteiger partial charge in [0.25, 0.3) is 0 Å². The van der Waals surface area contributed by atoms with Crippen LogP contribution >= 0.6 is 0 Å². The quantitative estimate of drug-likeness (QED) is 0.393. The molecule has 0 fully saturated rings. The van der Waals surface area contributed by atoms with Crippen LogP contribution < -0.4 is 0 Å². The van der Waals surface area contributed by atoms with E-state index in [4.69, 9.17) is 4.74 Å². The lowest BCUT2D eigenvalue weighted by molar-refractivity contribution is -0.145. The smallest absolute Gasteiger partial charge is 0.342 e. The van der Waals surface area contributed by atoms with Crippen LogP contribution in [0.4, 0.5) is 0 Å². The van der Waals surface area contributed by atoms with Crippen LogP contribution in [-0.4, -0.2) is 25.7 Å². The fourth-order valence-corrected chi connectivity index (χ4v) is 0.919. The standard InChI is InChI=1S/C11H16O4/c1-5-9(8(2)3)11(13)15-7-6-10(12)14-4/h8H,1,6-7H2,2-4H3. The number of esters is 2. The van der Waals surface area contributed by atoms with Crippen molar-refractivity contribution in [1.82, 2.24) is 0 Å².